The SMILES string of the molecule is CC(N)CCC(=O)Nc1ccc(Cl)cc1[N+](=O)[O-]. The van der Waals surface area contributed by atoms with Crippen LogP contribution in [-0.4, -0.2) is 16.9 Å². The number of carbonyl (C=O) groups is 1. The number of carbonyl (C=O) groups excluding carboxylic acids is 1. The molecular formula is C11H14ClN3O3. The van der Waals surface area contributed by atoms with Crippen molar-refractivity contribution in [3.63, 3.8) is 0 Å². The predicted octanol–water partition coefficient (Wildman–Crippen LogP) is 2.31. The molecule has 1 rings (SSSR count). The van der Waals surface area contributed by atoms with E-state index in [-0.39, 0.29) is 34.8 Å². The number of hydrogen-bond donors (Lipinski definition) is 2. The summed E-state index contributed by atoms with van der Waals surface area (Å²) in [4.78, 5) is 21.8. The Labute approximate surface area is 109 Å². The van der Waals surface area contributed by atoms with Crippen LogP contribution in [0.3, 0.4) is 0 Å². The van der Waals surface area contributed by atoms with Crippen molar-refractivity contribution < 1.29 is 9.72 Å². The largest absolute Gasteiger partial charge is 0.328 e. The maximum absolute atomic E-state index is 11.6. The van der Waals surface area contributed by atoms with Crippen molar-refractivity contribution in [2.45, 2.75) is 25.8 Å². The number of nitro groups is 1. The van der Waals surface area contributed by atoms with Crippen molar-refractivity contribution in [1.82, 2.24) is 0 Å². The lowest BCUT2D eigenvalue weighted by molar-refractivity contribution is -0.383. The fourth-order valence-corrected chi connectivity index (χ4v) is 1.50. The Hall–Kier alpha value is -1.66. The van der Waals surface area contributed by atoms with E-state index in [0.29, 0.717) is 6.42 Å². The number of nitrogens with zero attached hydrogens (tertiary/aromatic N) is 1. The Morgan fingerprint density at radius 2 is 2.28 bits per heavy atom. The highest BCUT2D eigenvalue weighted by Gasteiger charge is 2.16. The summed E-state index contributed by atoms with van der Waals surface area (Å²) in [5, 5.41) is 13.5. The summed E-state index contributed by atoms with van der Waals surface area (Å²) in [7, 11) is 0. The van der Waals surface area contributed by atoms with Crippen molar-refractivity contribution in [1.29, 1.82) is 0 Å². The summed E-state index contributed by atoms with van der Waals surface area (Å²) >= 11 is 5.67. The topological polar surface area (TPSA) is 98.3 Å². The van der Waals surface area contributed by atoms with E-state index in [2.05, 4.69) is 5.32 Å². The first-order chi connectivity index (χ1) is 8.40. The highest BCUT2D eigenvalue weighted by molar-refractivity contribution is 6.31. The van der Waals surface area contributed by atoms with Crippen molar-refractivity contribution in [2.24, 2.45) is 5.73 Å². The zero-order chi connectivity index (χ0) is 13.7. The van der Waals surface area contributed by atoms with E-state index in [1.54, 1.807) is 6.92 Å². The van der Waals surface area contributed by atoms with Crippen LogP contribution in [0.2, 0.25) is 5.02 Å². The van der Waals surface area contributed by atoms with Gasteiger partial charge < -0.3 is 11.1 Å². The molecule has 1 aromatic carbocycles. The van der Waals surface area contributed by atoms with Gasteiger partial charge in [0.25, 0.3) is 5.69 Å². The molecule has 0 fully saturated rings. The van der Waals surface area contributed by atoms with Crippen molar-refractivity contribution >= 4 is 28.9 Å². The Bertz CT molecular complexity index is 463. The van der Waals surface area contributed by atoms with Crippen LogP contribution >= 0.6 is 11.6 Å². The summed E-state index contributed by atoms with van der Waals surface area (Å²) in [5.74, 6) is -0.308. The number of nitrogens with two attached hydrogens (primary N) is 1. The van der Waals surface area contributed by atoms with Crippen LogP contribution in [0.15, 0.2) is 18.2 Å². The third-order valence-electron chi connectivity index (χ3n) is 2.26. The quantitative estimate of drug-likeness (QED) is 0.634. The minimum absolute atomic E-state index is 0.0871. The van der Waals surface area contributed by atoms with Gasteiger partial charge in [-0.3, -0.25) is 14.9 Å². The first kappa shape index (κ1) is 14.4. The van der Waals surface area contributed by atoms with Gasteiger partial charge in [-0.1, -0.05) is 11.6 Å². The lowest BCUT2D eigenvalue weighted by Gasteiger charge is -2.07. The molecule has 0 bridgehead atoms. The first-order valence-corrected chi connectivity index (χ1v) is 5.77. The number of nitrogens with one attached hydrogen (secondary N) is 1. The van der Waals surface area contributed by atoms with Crippen LogP contribution < -0.4 is 11.1 Å². The van der Waals surface area contributed by atoms with Gasteiger partial charge in [0, 0.05) is 23.6 Å². The number of halogens is 1. The van der Waals surface area contributed by atoms with Crippen LogP contribution in [-0.2, 0) is 4.79 Å². The summed E-state index contributed by atoms with van der Waals surface area (Å²) in [6.45, 7) is 1.79. The minimum Gasteiger partial charge on any atom is -0.328 e. The van der Waals surface area contributed by atoms with Gasteiger partial charge in [0.05, 0.1) is 4.92 Å². The predicted molar refractivity (Wildman–Crippen MR) is 69.6 cm³/mol. The normalized spacial score (nSPS) is 11.9. The minimum atomic E-state index is -0.590. The van der Waals surface area contributed by atoms with Crippen molar-refractivity contribution in [3.8, 4) is 0 Å². The molecule has 18 heavy (non-hydrogen) atoms. The zero-order valence-electron chi connectivity index (χ0n) is 9.85. The van der Waals surface area contributed by atoms with Gasteiger partial charge in [-0.2, -0.15) is 0 Å². The Morgan fingerprint density at radius 3 is 2.83 bits per heavy atom. The molecule has 1 unspecified atom stereocenters. The number of hydrogen-bond acceptors (Lipinski definition) is 4. The van der Waals surface area contributed by atoms with E-state index in [1.807, 2.05) is 0 Å². The fourth-order valence-electron chi connectivity index (χ4n) is 1.33. The van der Waals surface area contributed by atoms with Crippen molar-refractivity contribution in [3.05, 3.63) is 33.3 Å². The van der Waals surface area contributed by atoms with E-state index in [1.165, 1.54) is 18.2 Å². The van der Waals surface area contributed by atoms with Crippen LogP contribution in [0.25, 0.3) is 0 Å². The third-order valence-corrected chi connectivity index (χ3v) is 2.49. The lowest BCUT2D eigenvalue weighted by Crippen LogP contribution is -2.19. The van der Waals surface area contributed by atoms with Gasteiger partial charge in [-0.05, 0) is 25.5 Å². The molecule has 0 aromatic heterocycles. The van der Waals surface area contributed by atoms with E-state index in [0.717, 1.165) is 0 Å². The van der Waals surface area contributed by atoms with Gasteiger partial charge >= 0.3 is 0 Å². The summed E-state index contributed by atoms with van der Waals surface area (Å²) in [5.41, 5.74) is 5.44. The second-order valence-corrected chi connectivity index (χ2v) is 4.42. The van der Waals surface area contributed by atoms with Crippen LogP contribution in [0.5, 0.6) is 0 Å². The van der Waals surface area contributed by atoms with E-state index >= 15 is 0 Å². The third kappa shape index (κ3) is 4.31. The number of nitro benzene ring substituents is 1. The number of amides is 1. The molecule has 0 aliphatic heterocycles. The summed E-state index contributed by atoms with van der Waals surface area (Å²) < 4.78 is 0. The number of benzene rings is 1. The van der Waals surface area contributed by atoms with E-state index in [9.17, 15) is 14.9 Å². The second-order valence-electron chi connectivity index (χ2n) is 3.98. The molecular weight excluding hydrogens is 258 g/mol. The van der Waals surface area contributed by atoms with Crippen LogP contribution in [0.4, 0.5) is 11.4 Å². The number of anilines is 1. The first-order valence-electron chi connectivity index (χ1n) is 5.39. The Morgan fingerprint density at radius 1 is 1.61 bits per heavy atom. The van der Waals surface area contributed by atoms with E-state index < -0.39 is 4.92 Å². The fraction of sp³-hybridized carbons (Fsp3) is 0.364. The van der Waals surface area contributed by atoms with Gasteiger partial charge in [-0.25, -0.2) is 0 Å². The summed E-state index contributed by atoms with van der Waals surface area (Å²) in [6, 6.07) is 4.00. The number of rotatable bonds is 5. The Kier molecular flexibility index (Phi) is 5.06. The Balaban J connectivity index is 2.78. The molecule has 1 amide bonds. The lowest BCUT2D eigenvalue weighted by atomic mass is 10.2. The molecule has 0 spiro atoms. The standard InChI is InChI=1S/C11H14ClN3O3/c1-7(13)2-5-11(16)14-9-4-3-8(12)6-10(9)15(17)18/h3-4,6-7H,2,5,13H2,1H3,(H,14,16). The van der Waals surface area contributed by atoms with Gasteiger partial charge in [0.15, 0.2) is 0 Å². The monoisotopic (exact) mass is 271 g/mol. The highest BCUT2D eigenvalue weighted by Crippen LogP contribution is 2.27. The van der Waals surface area contributed by atoms with Crippen molar-refractivity contribution in [2.75, 3.05) is 5.32 Å². The molecule has 3 N–H and O–H groups in total. The van der Waals surface area contributed by atoms with Crippen LogP contribution in [0, 0.1) is 10.1 Å². The maximum Gasteiger partial charge on any atom is 0.294 e. The van der Waals surface area contributed by atoms with E-state index in [4.69, 9.17) is 17.3 Å². The van der Waals surface area contributed by atoms with Gasteiger partial charge in [0.1, 0.15) is 5.69 Å². The molecule has 98 valence electrons. The van der Waals surface area contributed by atoms with Crippen LogP contribution in [0.1, 0.15) is 19.8 Å². The molecule has 0 aliphatic carbocycles. The molecule has 0 saturated carbocycles. The average molecular weight is 272 g/mol. The second kappa shape index (κ2) is 6.32. The molecule has 1 atom stereocenters. The zero-order valence-corrected chi connectivity index (χ0v) is 10.6. The molecule has 7 heteroatoms. The molecule has 1 aromatic rings. The molecule has 0 aliphatic rings. The smallest absolute Gasteiger partial charge is 0.294 e. The summed E-state index contributed by atoms with van der Waals surface area (Å²) in [6.07, 6.45) is 0.741. The maximum atomic E-state index is 11.6. The van der Waals surface area contributed by atoms with Gasteiger partial charge in [-0.15, -0.1) is 0 Å². The molecule has 0 radical (unpaired) electrons. The van der Waals surface area contributed by atoms with Gasteiger partial charge in [0.2, 0.25) is 5.91 Å². The average Bonchev–Trinajstić information content (AvgIpc) is 2.28. The molecule has 6 nitrogen and oxygen atoms in total. The molecule has 0 heterocycles. The molecule has 0 saturated heterocycles. The highest BCUT2D eigenvalue weighted by atomic mass is 35.5.